The van der Waals surface area contributed by atoms with Gasteiger partial charge in [-0.25, -0.2) is 9.37 Å². The van der Waals surface area contributed by atoms with Gasteiger partial charge in [0.25, 0.3) is 0 Å². The zero-order chi connectivity index (χ0) is 12.3. The molecule has 0 aromatic carbocycles. The fourth-order valence-electron chi connectivity index (χ4n) is 1.41. The summed E-state index contributed by atoms with van der Waals surface area (Å²) in [5.74, 6) is -0.175. The van der Waals surface area contributed by atoms with Gasteiger partial charge in [-0.3, -0.25) is 4.99 Å². The molecule has 0 amide bonds. The van der Waals surface area contributed by atoms with Crippen LogP contribution in [0.1, 0.15) is 0 Å². The molecule has 6 heteroatoms. The Balaban J connectivity index is 1.98. The fourth-order valence-corrected chi connectivity index (χ4v) is 1.63. The van der Waals surface area contributed by atoms with Crippen LogP contribution in [0.2, 0.25) is 0 Å². The average Bonchev–Trinajstić information content (AvgIpc) is 2.31. The number of hydrogen-bond acceptors (Lipinski definition) is 3. The van der Waals surface area contributed by atoms with Crippen LogP contribution in [-0.2, 0) is 0 Å². The molecule has 1 aliphatic heterocycles. The van der Waals surface area contributed by atoms with Gasteiger partial charge < -0.3 is 5.32 Å². The highest BCUT2D eigenvalue weighted by Crippen LogP contribution is 2.16. The van der Waals surface area contributed by atoms with Crippen molar-refractivity contribution in [3.05, 3.63) is 34.2 Å². The number of aromatic nitrogens is 1. The number of hydrogen-bond donors (Lipinski definition) is 1. The zero-order valence-electron chi connectivity index (χ0n) is 8.83. The maximum absolute atomic E-state index is 13.1. The van der Waals surface area contributed by atoms with Crippen LogP contribution in [0.5, 0.6) is 0 Å². The van der Waals surface area contributed by atoms with Crippen LogP contribution in [-0.4, -0.2) is 30.5 Å². The summed E-state index contributed by atoms with van der Waals surface area (Å²) in [6.07, 6.45) is 2.07. The maximum Gasteiger partial charge on any atom is 0.229 e. The molecule has 1 aromatic rings. The smallest absolute Gasteiger partial charge is 0.229 e. The molecule has 2 heterocycles. The summed E-state index contributed by atoms with van der Waals surface area (Å²) in [6, 6.07) is 3.20. The molecule has 17 heavy (non-hydrogen) atoms. The number of nitrogens with zero attached hydrogens (tertiary/aromatic N) is 2. The third-order valence-corrected chi connectivity index (χ3v) is 2.80. The van der Waals surface area contributed by atoms with E-state index in [1.165, 1.54) is 6.08 Å². The predicted molar refractivity (Wildman–Crippen MR) is 66.7 cm³/mol. The number of alkyl halides is 1. The number of anilines is 1. The number of rotatable bonds is 3. The van der Waals surface area contributed by atoms with Gasteiger partial charge in [-0.05, 0) is 39.7 Å². The molecule has 0 radical (unpaired) electrons. The van der Waals surface area contributed by atoms with E-state index in [0.29, 0.717) is 16.8 Å². The Morgan fingerprint density at radius 3 is 3.00 bits per heavy atom. The number of halogens is 3. The normalized spacial score (nSPS) is 19.0. The van der Waals surface area contributed by atoms with Crippen LogP contribution in [0.3, 0.4) is 0 Å². The molecule has 0 saturated heterocycles. The van der Waals surface area contributed by atoms with Gasteiger partial charge in [0.05, 0.1) is 11.0 Å². The van der Waals surface area contributed by atoms with Gasteiger partial charge in [-0.2, -0.15) is 4.39 Å². The van der Waals surface area contributed by atoms with E-state index >= 15 is 0 Å². The van der Waals surface area contributed by atoms with Crippen LogP contribution < -0.4 is 5.32 Å². The first-order valence-electron chi connectivity index (χ1n) is 5.05. The quantitative estimate of drug-likeness (QED) is 0.872. The van der Waals surface area contributed by atoms with E-state index in [2.05, 4.69) is 31.2 Å². The molecule has 1 N–H and O–H groups in total. The monoisotopic (exact) mass is 301 g/mol. The standard InChI is InChI=1S/C11H10BrF2N3/c12-9-1-2-10(17-11(9)14)16-5-7-3-8(13)6-15-4-7/h1-4,8H,5-6H2,(H,16,17). The van der Waals surface area contributed by atoms with Crippen LogP contribution in [0.15, 0.2) is 33.2 Å². The largest absolute Gasteiger partial charge is 0.366 e. The molecule has 0 spiro atoms. The zero-order valence-corrected chi connectivity index (χ0v) is 10.4. The third-order valence-electron chi connectivity index (χ3n) is 2.21. The second kappa shape index (κ2) is 5.35. The molecule has 90 valence electrons. The lowest BCUT2D eigenvalue weighted by atomic mass is 10.2. The van der Waals surface area contributed by atoms with Gasteiger partial charge in [0.1, 0.15) is 12.0 Å². The van der Waals surface area contributed by atoms with E-state index in [0.717, 1.165) is 5.57 Å². The van der Waals surface area contributed by atoms with Gasteiger partial charge >= 0.3 is 0 Å². The molecule has 0 saturated carbocycles. The molecular weight excluding hydrogens is 292 g/mol. The minimum Gasteiger partial charge on any atom is -0.366 e. The van der Waals surface area contributed by atoms with E-state index in [1.807, 2.05) is 0 Å². The molecule has 1 aromatic heterocycles. The number of aliphatic imine (C=N–C) groups is 1. The summed E-state index contributed by atoms with van der Waals surface area (Å²) < 4.78 is 26.4. The minimum atomic E-state index is -1.04. The molecule has 2 rings (SSSR count). The number of nitrogens with one attached hydrogen (secondary N) is 1. The summed E-state index contributed by atoms with van der Waals surface area (Å²) in [5.41, 5.74) is 0.730. The van der Waals surface area contributed by atoms with Crippen LogP contribution >= 0.6 is 15.9 Å². The number of dihydropyridines is 1. The topological polar surface area (TPSA) is 37.3 Å². The van der Waals surface area contributed by atoms with Crippen LogP contribution in [0.4, 0.5) is 14.6 Å². The highest BCUT2D eigenvalue weighted by molar-refractivity contribution is 9.10. The first kappa shape index (κ1) is 12.2. The van der Waals surface area contributed by atoms with Crippen molar-refractivity contribution in [3.8, 4) is 0 Å². The van der Waals surface area contributed by atoms with Crippen molar-refractivity contribution >= 4 is 28.0 Å². The second-order valence-corrected chi connectivity index (χ2v) is 4.43. The number of pyridine rings is 1. The molecule has 1 unspecified atom stereocenters. The average molecular weight is 302 g/mol. The Bertz CT molecular complexity index is 474. The Kier molecular flexibility index (Phi) is 3.83. The molecule has 1 aliphatic rings. The first-order valence-corrected chi connectivity index (χ1v) is 5.85. The molecule has 1 atom stereocenters. The van der Waals surface area contributed by atoms with Gasteiger partial charge in [-0.1, -0.05) is 0 Å². The van der Waals surface area contributed by atoms with Crippen molar-refractivity contribution in [2.24, 2.45) is 4.99 Å². The summed E-state index contributed by atoms with van der Waals surface area (Å²) in [6.45, 7) is 0.548. The van der Waals surface area contributed by atoms with Crippen molar-refractivity contribution in [2.75, 3.05) is 18.4 Å². The Labute approximate surface area is 106 Å². The van der Waals surface area contributed by atoms with Crippen molar-refractivity contribution in [2.45, 2.75) is 6.17 Å². The highest BCUT2D eigenvalue weighted by atomic mass is 79.9. The molecule has 3 nitrogen and oxygen atoms in total. The summed E-state index contributed by atoms with van der Waals surface area (Å²) >= 11 is 3.02. The van der Waals surface area contributed by atoms with Crippen molar-refractivity contribution in [1.29, 1.82) is 0 Å². The Morgan fingerprint density at radius 2 is 2.29 bits per heavy atom. The lowest BCUT2D eigenvalue weighted by molar-refractivity contribution is 0.406. The summed E-state index contributed by atoms with van der Waals surface area (Å²) in [4.78, 5) is 7.56. The predicted octanol–water partition coefficient (Wildman–Crippen LogP) is 2.74. The second-order valence-electron chi connectivity index (χ2n) is 3.57. The Morgan fingerprint density at radius 1 is 1.47 bits per heavy atom. The van der Waals surface area contributed by atoms with Gasteiger partial charge in [0, 0.05) is 12.8 Å². The Hall–Kier alpha value is -1.30. The van der Waals surface area contributed by atoms with Gasteiger partial charge in [0.2, 0.25) is 5.95 Å². The van der Waals surface area contributed by atoms with E-state index in [-0.39, 0.29) is 6.54 Å². The SMILES string of the molecule is Fc1nc(NCC2=CC(F)CN=C2)ccc1Br. The molecular formula is C11H10BrF2N3. The van der Waals surface area contributed by atoms with Crippen LogP contribution in [0, 0.1) is 5.95 Å². The summed E-state index contributed by atoms with van der Waals surface area (Å²) in [7, 11) is 0. The van der Waals surface area contributed by atoms with Crippen molar-refractivity contribution in [3.63, 3.8) is 0 Å². The first-order chi connectivity index (χ1) is 8.15. The third kappa shape index (κ3) is 3.33. The lowest BCUT2D eigenvalue weighted by Gasteiger charge is -2.11. The summed E-state index contributed by atoms with van der Waals surface area (Å²) in [5, 5.41) is 2.90. The van der Waals surface area contributed by atoms with E-state index in [4.69, 9.17) is 0 Å². The molecule has 0 aliphatic carbocycles. The molecule has 0 fully saturated rings. The molecule has 0 bridgehead atoms. The van der Waals surface area contributed by atoms with E-state index in [1.54, 1.807) is 18.3 Å². The van der Waals surface area contributed by atoms with E-state index in [9.17, 15) is 8.78 Å². The van der Waals surface area contributed by atoms with E-state index < -0.39 is 12.1 Å². The fraction of sp³-hybridized carbons (Fsp3) is 0.273. The lowest BCUT2D eigenvalue weighted by Crippen LogP contribution is -2.14. The van der Waals surface area contributed by atoms with Crippen LogP contribution in [0.25, 0.3) is 0 Å². The maximum atomic E-state index is 13.1. The van der Waals surface area contributed by atoms with Gasteiger partial charge in [-0.15, -0.1) is 0 Å². The van der Waals surface area contributed by atoms with Crippen molar-refractivity contribution < 1.29 is 8.78 Å². The van der Waals surface area contributed by atoms with Gasteiger partial charge in [0.15, 0.2) is 0 Å². The van der Waals surface area contributed by atoms with Crippen molar-refractivity contribution in [1.82, 2.24) is 4.98 Å². The minimum absolute atomic E-state index is 0.175. The highest BCUT2D eigenvalue weighted by Gasteiger charge is 2.08.